The third-order valence-corrected chi connectivity index (χ3v) is 2.97. The van der Waals surface area contributed by atoms with Crippen molar-refractivity contribution in [1.82, 2.24) is 0 Å². The molecule has 0 bridgehead atoms. The fraction of sp³-hybridized carbons (Fsp3) is 0.267. The molecule has 0 saturated carbocycles. The molecule has 0 aliphatic rings. The van der Waals surface area contributed by atoms with Crippen LogP contribution in [0.4, 0.5) is 0 Å². The number of nitrogens with two attached hydrogens (primary N) is 1. The molecule has 0 spiro atoms. The van der Waals surface area contributed by atoms with Gasteiger partial charge in [-0.3, -0.25) is 0 Å². The molecule has 2 heteroatoms. The predicted molar refractivity (Wildman–Crippen MR) is 75.9 cm³/mol. The van der Waals surface area contributed by atoms with Crippen molar-refractivity contribution < 1.29 is 0 Å². The summed E-state index contributed by atoms with van der Waals surface area (Å²) in [4.78, 5) is 4.20. The second kappa shape index (κ2) is 5.48. The van der Waals surface area contributed by atoms with Gasteiger partial charge < -0.3 is 5.73 Å². The number of nitrogens with zero attached hydrogens (tertiary/aromatic N) is 1. The van der Waals surface area contributed by atoms with Crippen LogP contribution in [0.25, 0.3) is 5.57 Å². The average Bonchev–Trinajstić information content (AvgIpc) is 2.27. The first-order valence-electron chi connectivity index (χ1n) is 5.67. The highest BCUT2D eigenvalue weighted by Gasteiger charge is 2.05. The predicted octanol–water partition coefficient (Wildman–Crippen LogP) is 3.68. The molecular weight excluding hydrogens is 208 g/mol. The molecule has 0 aliphatic carbocycles. The van der Waals surface area contributed by atoms with E-state index in [2.05, 4.69) is 44.5 Å². The van der Waals surface area contributed by atoms with E-state index in [-0.39, 0.29) is 0 Å². The van der Waals surface area contributed by atoms with Gasteiger partial charge in [0.2, 0.25) is 0 Å². The van der Waals surface area contributed by atoms with Crippen molar-refractivity contribution in [2.75, 3.05) is 0 Å². The maximum Gasteiger partial charge on any atom is 0.116 e. The van der Waals surface area contributed by atoms with Gasteiger partial charge in [-0.15, -0.1) is 0 Å². The summed E-state index contributed by atoms with van der Waals surface area (Å²) in [6, 6.07) is 8.33. The summed E-state index contributed by atoms with van der Waals surface area (Å²) in [6.07, 6.45) is 0. The molecule has 1 rings (SSSR count). The van der Waals surface area contributed by atoms with Crippen LogP contribution in [0.2, 0.25) is 0 Å². The Bertz CT molecular complexity index is 493. The second-order valence-corrected chi connectivity index (χ2v) is 4.25. The average molecular weight is 228 g/mol. The van der Waals surface area contributed by atoms with Crippen LogP contribution in [0.15, 0.2) is 47.2 Å². The Morgan fingerprint density at radius 1 is 1.18 bits per heavy atom. The maximum absolute atomic E-state index is 5.50. The minimum absolute atomic E-state index is 0.347. The highest BCUT2D eigenvalue weighted by atomic mass is 14.9. The van der Waals surface area contributed by atoms with Crippen molar-refractivity contribution in [3.8, 4) is 0 Å². The van der Waals surface area contributed by atoms with Crippen molar-refractivity contribution in [2.24, 2.45) is 10.7 Å². The highest BCUT2D eigenvalue weighted by Crippen LogP contribution is 2.22. The largest absolute Gasteiger partial charge is 0.384 e. The molecule has 0 saturated heterocycles. The fourth-order valence-corrected chi connectivity index (χ4v) is 1.77. The van der Waals surface area contributed by atoms with Crippen LogP contribution < -0.4 is 5.73 Å². The number of benzene rings is 1. The fourth-order valence-electron chi connectivity index (χ4n) is 1.77. The van der Waals surface area contributed by atoms with E-state index in [9.17, 15) is 0 Å². The molecule has 2 N–H and O–H groups in total. The summed E-state index contributed by atoms with van der Waals surface area (Å²) < 4.78 is 0. The summed E-state index contributed by atoms with van der Waals surface area (Å²) in [5.41, 5.74) is 11.3. The van der Waals surface area contributed by atoms with E-state index in [1.165, 1.54) is 16.7 Å². The summed E-state index contributed by atoms with van der Waals surface area (Å²) >= 11 is 0. The van der Waals surface area contributed by atoms with Gasteiger partial charge in [0.1, 0.15) is 5.82 Å². The normalized spacial score (nSPS) is 13.3. The minimum atomic E-state index is 0.347. The summed E-state index contributed by atoms with van der Waals surface area (Å²) in [5, 5.41) is 0. The molecule has 90 valence electrons. The lowest BCUT2D eigenvalue weighted by atomic mass is 9.96. The highest BCUT2D eigenvalue weighted by molar-refractivity contribution is 6.04. The molecule has 0 aliphatic heterocycles. The molecular formula is C15H20N2. The zero-order valence-corrected chi connectivity index (χ0v) is 11.0. The zero-order chi connectivity index (χ0) is 13.0. The molecule has 0 atom stereocenters. The molecule has 2 nitrogen and oxygen atoms in total. The summed E-state index contributed by atoms with van der Waals surface area (Å²) in [5.74, 6) is 0.347. The van der Waals surface area contributed by atoms with Crippen molar-refractivity contribution in [3.63, 3.8) is 0 Å². The van der Waals surface area contributed by atoms with Gasteiger partial charge >= 0.3 is 0 Å². The Kier molecular flexibility index (Phi) is 4.27. The molecule has 0 radical (unpaired) electrons. The zero-order valence-electron chi connectivity index (χ0n) is 11.0. The molecule has 1 aromatic rings. The molecule has 1 aromatic carbocycles. The molecule has 0 heterocycles. The number of aryl methyl sites for hydroxylation is 1. The minimum Gasteiger partial charge on any atom is -0.384 e. The van der Waals surface area contributed by atoms with E-state index in [0.717, 1.165) is 11.3 Å². The van der Waals surface area contributed by atoms with Gasteiger partial charge in [0.05, 0.1) is 0 Å². The SMILES string of the molecule is C=C(N)N=C(C)/C(C)=C(\C)c1ccccc1C. The Balaban J connectivity index is 3.23. The second-order valence-electron chi connectivity index (χ2n) is 4.25. The Morgan fingerprint density at radius 2 is 1.76 bits per heavy atom. The van der Waals surface area contributed by atoms with Gasteiger partial charge in [-0.05, 0) is 50.0 Å². The maximum atomic E-state index is 5.50. The van der Waals surface area contributed by atoms with Gasteiger partial charge in [-0.1, -0.05) is 30.8 Å². The van der Waals surface area contributed by atoms with E-state index >= 15 is 0 Å². The van der Waals surface area contributed by atoms with Crippen molar-refractivity contribution >= 4 is 11.3 Å². The number of rotatable bonds is 3. The first-order valence-corrected chi connectivity index (χ1v) is 5.67. The lowest BCUT2D eigenvalue weighted by Gasteiger charge is -2.10. The quantitative estimate of drug-likeness (QED) is 0.787. The Labute approximate surface area is 104 Å². The van der Waals surface area contributed by atoms with E-state index in [1.54, 1.807) is 0 Å². The van der Waals surface area contributed by atoms with Gasteiger partial charge in [0.15, 0.2) is 0 Å². The number of hydrogen-bond donors (Lipinski definition) is 1. The van der Waals surface area contributed by atoms with Gasteiger partial charge in [0, 0.05) is 5.71 Å². The van der Waals surface area contributed by atoms with Gasteiger partial charge in [-0.25, -0.2) is 4.99 Å². The van der Waals surface area contributed by atoms with Crippen LogP contribution >= 0.6 is 0 Å². The third-order valence-electron chi connectivity index (χ3n) is 2.97. The molecule has 0 fully saturated rings. The number of aliphatic imine (C=N–C) groups is 1. The molecule has 17 heavy (non-hydrogen) atoms. The van der Waals surface area contributed by atoms with Gasteiger partial charge in [0.25, 0.3) is 0 Å². The van der Waals surface area contributed by atoms with E-state index in [0.29, 0.717) is 5.82 Å². The first-order chi connectivity index (χ1) is 7.93. The Morgan fingerprint density at radius 3 is 2.29 bits per heavy atom. The topological polar surface area (TPSA) is 38.4 Å². The number of allylic oxidation sites excluding steroid dienone is 2. The molecule has 0 amide bonds. The lowest BCUT2D eigenvalue weighted by Crippen LogP contribution is -2.01. The van der Waals surface area contributed by atoms with E-state index < -0.39 is 0 Å². The van der Waals surface area contributed by atoms with Crippen LogP contribution in [0.5, 0.6) is 0 Å². The molecule has 0 aromatic heterocycles. The number of hydrogen-bond acceptors (Lipinski definition) is 2. The third kappa shape index (κ3) is 3.31. The van der Waals surface area contributed by atoms with Crippen molar-refractivity contribution in [1.29, 1.82) is 0 Å². The standard InChI is InChI=1S/C15H20N2/c1-10-8-6-7-9-15(10)12(3)11(2)13(4)17-14(5)16/h6-9H,5,16H2,1-4H3/b12-11+,17-13?. The van der Waals surface area contributed by atoms with Crippen LogP contribution in [-0.4, -0.2) is 5.71 Å². The first kappa shape index (κ1) is 13.2. The molecule has 0 unspecified atom stereocenters. The summed E-state index contributed by atoms with van der Waals surface area (Å²) in [6.45, 7) is 11.8. The van der Waals surface area contributed by atoms with E-state index in [4.69, 9.17) is 5.73 Å². The van der Waals surface area contributed by atoms with Crippen LogP contribution in [0.3, 0.4) is 0 Å². The van der Waals surface area contributed by atoms with Crippen LogP contribution in [0, 0.1) is 6.92 Å². The van der Waals surface area contributed by atoms with Gasteiger partial charge in [-0.2, -0.15) is 0 Å². The van der Waals surface area contributed by atoms with Crippen LogP contribution in [0.1, 0.15) is 31.9 Å². The Hall–Kier alpha value is -1.83. The monoisotopic (exact) mass is 228 g/mol. The van der Waals surface area contributed by atoms with Crippen LogP contribution in [-0.2, 0) is 0 Å². The smallest absolute Gasteiger partial charge is 0.116 e. The van der Waals surface area contributed by atoms with Crippen molar-refractivity contribution in [3.05, 3.63) is 53.4 Å². The van der Waals surface area contributed by atoms with Crippen molar-refractivity contribution in [2.45, 2.75) is 27.7 Å². The lowest BCUT2D eigenvalue weighted by molar-refractivity contribution is 1.25. The summed E-state index contributed by atoms with van der Waals surface area (Å²) in [7, 11) is 0. The van der Waals surface area contributed by atoms with E-state index in [1.807, 2.05) is 19.1 Å².